The number of carboxylic acid groups (broad SMARTS) is 1. The maximum atomic E-state index is 11.4. The molecular weight excluding hydrogens is 262 g/mol. The molecule has 1 aromatic heterocycles. The van der Waals surface area contributed by atoms with E-state index in [1.54, 1.807) is 6.07 Å². The Labute approximate surface area is 125 Å². The number of aromatic carboxylic acids is 1. The van der Waals surface area contributed by atoms with E-state index in [2.05, 4.69) is 11.5 Å². The van der Waals surface area contributed by atoms with Crippen LogP contribution in [0.1, 0.15) is 47.8 Å². The van der Waals surface area contributed by atoms with E-state index in [9.17, 15) is 9.90 Å². The minimum atomic E-state index is -0.843. The second kappa shape index (κ2) is 7.02. The second-order valence-electron chi connectivity index (χ2n) is 5.26. The number of para-hydroxylation sites is 1. The largest absolute Gasteiger partial charge is 0.478 e. The van der Waals surface area contributed by atoms with E-state index in [4.69, 9.17) is 0 Å². The summed E-state index contributed by atoms with van der Waals surface area (Å²) in [5, 5.41) is 9.40. The van der Waals surface area contributed by atoms with Crippen molar-refractivity contribution >= 4 is 5.97 Å². The van der Waals surface area contributed by atoms with Gasteiger partial charge in [-0.2, -0.15) is 4.57 Å². The van der Waals surface area contributed by atoms with Crippen molar-refractivity contribution in [2.24, 2.45) is 0 Å². The van der Waals surface area contributed by atoms with Gasteiger partial charge in [0.1, 0.15) is 0 Å². The highest BCUT2D eigenvalue weighted by molar-refractivity contribution is 5.89. The van der Waals surface area contributed by atoms with Gasteiger partial charge in [-0.05, 0) is 12.8 Å². The van der Waals surface area contributed by atoms with Crippen LogP contribution < -0.4 is 4.57 Å². The number of hydrogen-bond acceptors (Lipinski definition) is 1. The van der Waals surface area contributed by atoms with Crippen molar-refractivity contribution in [2.75, 3.05) is 0 Å². The summed E-state index contributed by atoms with van der Waals surface area (Å²) in [5.74, 6) is -0.843. The minimum absolute atomic E-state index is 0.427. The molecule has 21 heavy (non-hydrogen) atoms. The summed E-state index contributed by atoms with van der Waals surface area (Å²) in [7, 11) is 0. The summed E-state index contributed by atoms with van der Waals surface area (Å²) in [4.78, 5) is 11.4. The highest BCUT2D eigenvalue weighted by Crippen LogP contribution is 2.16. The Balaban J connectivity index is 2.46. The van der Waals surface area contributed by atoms with Gasteiger partial charge in [0.2, 0.25) is 5.69 Å². The summed E-state index contributed by atoms with van der Waals surface area (Å²) < 4.78 is 2.06. The first-order chi connectivity index (χ1) is 10.1. The number of rotatable bonds is 6. The molecule has 2 rings (SSSR count). The van der Waals surface area contributed by atoms with Gasteiger partial charge in [0, 0.05) is 30.7 Å². The third-order valence-electron chi connectivity index (χ3n) is 3.81. The van der Waals surface area contributed by atoms with Crippen LogP contribution in [0.5, 0.6) is 0 Å². The molecule has 0 aliphatic carbocycles. The molecule has 3 nitrogen and oxygen atoms in total. The molecule has 0 bridgehead atoms. The van der Waals surface area contributed by atoms with Crippen molar-refractivity contribution in [2.45, 2.75) is 39.5 Å². The zero-order valence-corrected chi connectivity index (χ0v) is 12.7. The monoisotopic (exact) mass is 284 g/mol. The van der Waals surface area contributed by atoms with E-state index in [1.165, 1.54) is 0 Å². The molecule has 2 aromatic rings. The van der Waals surface area contributed by atoms with Crippen LogP contribution >= 0.6 is 0 Å². The molecule has 110 valence electrons. The Hall–Kier alpha value is -2.16. The molecule has 0 aliphatic rings. The molecule has 1 heterocycles. The van der Waals surface area contributed by atoms with Crippen LogP contribution in [0.4, 0.5) is 0 Å². The number of aromatic nitrogens is 1. The molecule has 0 amide bonds. The minimum Gasteiger partial charge on any atom is -0.478 e. The van der Waals surface area contributed by atoms with Gasteiger partial charge in [-0.3, -0.25) is 0 Å². The Morgan fingerprint density at radius 2 is 1.86 bits per heavy atom. The summed E-state index contributed by atoms with van der Waals surface area (Å²) in [6.45, 7) is 4.15. The lowest BCUT2D eigenvalue weighted by Crippen LogP contribution is -2.36. The summed E-state index contributed by atoms with van der Waals surface area (Å²) in [6, 6.07) is 11.7. The van der Waals surface area contributed by atoms with E-state index < -0.39 is 5.97 Å². The van der Waals surface area contributed by atoms with Crippen LogP contribution in [0.25, 0.3) is 5.69 Å². The van der Waals surface area contributed by atoms with Crippen LogP contribution in [0.15, 0.2) is 42.6 Å². The number of benzene rings is 1. The quantitative estimate of drug-likeness (QED) is 0.649. The fourth-order valence-corrected chi connectivity index (χ4v) is 2.64. The van der Waals surface area contributed by atoms with E-state index >= 15 is 0 Å². The zero-order valence-electron chi connectivity index (χ0n) is 12.7. The predicted octanol–water partition coefficient (Wildman–Crippen LogP) is 3.70. The molecule has 0 atom stereocenters. The van der Waals surface area contributed by atoms with Gasteiger partial charge in [-0.1, -0.05) is 38.0 Å². The normalized spacial score (nSPS) is 10.6. The first-order valence-electron chi connectivity index (χ1n) is 7.48. The third kappa shape index (κ3) is 3.48. The second-order valence-corrected chi connectivity index (χ2v) is 5.26. The zero-order chi connectivity index (χ0) is 15.2. The summed E-state index contributed by atoms with van der Waals surface area (Å²) in [5.41, 5.74) is 3.44. The van der Waals surface area contributed by atoms with Crippen LogP contribution in [0.2, 0.25) is 0 Å². The fourth-order valence-electron chi connectivity index (χ4n) is 2.64. The highest BCUT2D eigenvalue weighted by Gasteiger charge is 2.21. The van der Waals surface area contributed by atoms with E-state index in [0.717, 1.165) is 42.6 Å². The van der Waals surface area contributed by atoms with Crippen LogP contribution in [-0.2, 0) is 6.42 Å². The van der Waals surface area contributed by atoms with Crippen molar-refractivity contribution < 1.29 is 14.5 Å². The van der Waals surface area contributed by atoms with Crippen LogP contribution in [0, 0.1) is 6.92 Å². The molecule has 0 saturated carbocycles. The Kier molecular flexibility index (Phi) is 5.09. The molecule has 0 fully saturated rings. The van der Waals surface area contributed by atoms with Gasteiger partial charge in [-0.25, -0.2) is 4.79 Å². The number of hydrogen-bond donors (Lipinski definition) is 1. The van der Waals surface area contributed by atoms with Gasteiger partial charge in [0.25, 0.3) is 0 Å². The average molecular weight is 284 g/mol. The third-order valence-corrected chi connectivity index (χ3v) is 3.81. The maximum Gasteiger partial charge on any atom is 0.336 e. The van der Waals surface area contributed by atoms with Crippen molar-refractivity contribution in [3.63, 3.8) is 0 Å². The maximum absolute atomic E-state index is 11.4. The fraction of sp³-hybridized carbons (Fsp3) is 0.333. The molecule has 3 heteroatoms. The molecule has 0 aliphatic heterocycles. The smallest absolute Gasteiger partial charge is 0.336 e. The van der Waals surface area contributed by atoms with Crippen LogP contribution in [-0.4, -0.2) is 11.1 Å². The molecular formula is C18H22NO2+. The molecule has 0 spiro atoms. The number of unbranched alkanes of at least 4 members (excludes halogenated alkanes) is 2. The van der Waals surface area contributed by atoms with Crippen molar-refractivity contribution in [3.8, 4) is 5.69 Å². The van der Waals surface area contributed by atoms with Gasteiger partial charge >= 0.3 is 5.97 Å². The number of carbonyl (C=O) groups is 1. The van der Waals surface area contributed by atoms with E-state index in [0.29, 0.717) is 5.56 Å². The molecule has 0 unspecified atom stereocenters. The van der Waals surface area contributed by atoms with Crippen molar-refractivity contribution in [1.29, 1.82) is 0 Å². The highest BCUT2D eigenvalue weighted by atomic mass is 16.4. The molecule has 1 aromatic carbocycles. The number of pyridine rings is 1. The average Bonchev–Trinajstić information content (AvgIpc) is 2.49. The SMILES string of the molecule is CCCCCc1c(C(=O)O)cc[n+](-c2ccccc2)c1C. The van der Waals surface area contributed by atoms with Gasteiger partial charge in [-0.15, -0.1) is 0 Å². The molecule has 0 saturated heterocycles. The standard InChI is InChI=1S/C18H21NO2/c1-3-4-6-11-16-14(2)19(13-12-17(16)18(20)21)15-9-7-5-8-10-15/h5,7-10,12-13H,3-4,6,11H2,1-2H3/p+1. The topological polar surface area (TPSA) is 41.2 Å². The van der Waals surface area contributed by atoms with Crippen molar-refractivity contribution in [1.82, 2.24) is 0 Å². The van der Waals surface area contributed by atoms with Gasteiger partial charge in [0.05, 0.1) is 5.56 Å². The lowest BCUT2D eigenvalue weighted by atomic mass is 10.00. The lowest BCUT2D eigenvalue weighted by molar-refractivity contribution is -0.603. The van der Waals surface area contributed by atoms with Crippen LogP contribution in [0.3, 0.4) is 0 Å². The number of carboxylic acids is 1. The molecule has 0 radical (unpaired) electrons. The lowest BCUT2D eigenvalue weighted by Gasteiger charge is -2.09. The van der Waals surface area contributed by atoms with Gasteiger partial charge in [0.15, 0.2) is 11.9 Å². The first kappa shape index (κ1) is 15.2. The Morgan fingerprint density at radius 1 is 1.14 bits per heavy atom. The first-order valence-corrected chi connectivity index (χ1v) is 7.48. The van der Waals surface area contributed by atoms with Crippen molar-refractivity contribution in [3.05, 3.63) is 59.4 Å². The summed E-state index contributed by atoms with van der Waals surface area (Å²) in [6.07, 6.45) is 5.94. The number of nitrogens with zero attached hydrogens (tertiary/aromatic N) is 1. The summed E-state index contributed by atoms with van der Waals surface area (Å²) >= 11 is 0. The van der Waals surface area contributed by atoms with E-state index in [-0.39, 0.29) is 0 Å². The Bertz CT molecular complexity index is 621. The van der Waals surface area contributed by atoms with E-state index in [1.807, 2.05) is 43.5 Å². The van der Waals surface area contributed by atoms with Gasteiger partial charge < -0.3 is 5.11 Å². The predicted molar refractivity (Wildman–Crippen MR) is 82.9 cm³/mol. The molecule has 1 N–H and O–H groups in total. The Morgan fingerprint density at radius 3 is 2.48 bits per heavy atom.